The fraction of sp³-hybridized carbons (Fsp3) is 0.481. The van der Waals surface area contributed by atoms with Crippen molar-refractivity contribution in [2.45, 2.75) is 51.0 Å². The molecule has 0 bridgehead atoms. The first-order valence-electron chi connectivity index (χ1n) is 11.9. The minimum atomic E-state index is 0.0556. The third-order valence-corrected chi connectivity index (χ3v) is 6.94. The summed E-state index contributed by atoms with van der Waals surface area (Å²) in [7, 11) is 0. The lowest BCUT2D eigenvalue weighted by Gasteiger charge is -2.32. The van der Waals surface area contributed by atoms with Gasteiger partial charge in [0.1, 0.15) is 5.75 Å². The summed E-state index contributed by atoms with van der Waals surface area (Å²) in [5, 5.41) is 8.92. The van der Waals surface area contributed by atoms with Gasteiger partial charge in [0.25, 0.3) is 5.91 Å². The highest BCUT2D eigenvalue weighted by Gasteiger charge is 2.24. The largest absolute Gasteiger partial charge is 0.494 e. The molecule has 0 N–H and O–H groups in total. The molecule has 2 aromatic carbocycles. The first kappa shape index (κ1) is 22.4. The van der Waals surface area contributed by atoms with E-state index in [0.717, 1.165) is 57.3 Å². The van der Waals surface area contributed by atoms with Crippen molar-refractivity contribution < 1.29 is 9.53 Å². The lowest BCUT2D eigenvalue weighted by molar-refractivity contribution is 0.0713. The maximum atomic E-state index is 12.7. The highest BCUT2D eigenvalue weighted by atomic mass is 16.5. The van der Waals surface area contributed by atoms with Gasteiger partial charge in [0.2, 0.25) is 0 Å². The molecule has 2 aliphatic rings. The highest BCUT2D eigenvalue weighted by molar-refractivity contribution is 5.94. The summed E-state index contributed by atoms with van der Waals surface area (Å²) in [5.41, 5.74) is 2.56. The Bertz CT molecular complexity index is 925. The Labute approximate surface area is 191 Å². The van der Waals surface area contributed by atoms with Crippen LogP contribution in [0, 0.1) is 11.3 Å². The Morgan fingerprint density at radius 1 is 1.03 bits per heavy atom. The maximum Gasteiger partial charge on any atom is 0.253 e. The van der Waals surface area contributed by atoms with Crippen molar-refractivity contribution in [3.8, 4) is 11.8 Å². The molecule has 2 aromatic rings. The Morgan fingerprint density at radius 2 is 1.75 bits per heavy atom. The van der Waals surface area contributed by atoms with Crippen LogP contribution in [0.5, 0.6) is 5.75 Å². The number of likely N-dealkylation sites (tertiary alicyclic amines) is 2. The predicted molar refractivity (Wildman–Crippen MR) is 126 cm³/mol. The van der Waals surface area contributed by atoms with E-state index in [1.54, 1.807) is 24.3 Å². The second-order valence-electron chi connectivity index (χ2n) is 9.05. The van der Waals surface area contributed by atoms with Crippen LogP contribution in [-0.2, 0) is 0 Å². The Balaban J connectivity index is 1.21. The summed E-state index contributed by atoms with van der Waals surface area (Å²) in [4.78, 5) is 17.2. The molecule has 0 unspecified atom stereocenters. The molecule has 0 aliphatic carbocycles. The number of rotatable bonds is 7. The number of amides is 1. The molecule has 1 atom stereocenters. The van der Waals surface area contributed by atoms with Crippen LogP contribution in [0.2, 0.25) is 0 Å². The van der Waals surface area contributed by atoms with Crippen molar-refractivity contribution in [1.29, 1.82) is 5.26 Å². The predicted octanol–water partition coefficient (Wildman–Crippen LogP) is 4.83. The molecule has 32 heavy (non-hydrogen) atoms. The van der Waals surface area contributed by atoms with Crippen molar-refractivity contribution in [1.82, 2.24) is 9.80 Å². The second kappa shape index (κ2) is 10.7. The smallest absolute Gasteiger partial charge is 0.253 e. The SMILES string of the molecule is C[C@@H]1CCCN1CCCOc1ccc(C2CCN(C(=O)c3ccc(C#N)cc3)CC2)cc1. The van der Waals surface area contributed by atoms with Crippen LogP contribution in [-0.4, -0.2) is 54.5 Å². The lowest BCUT2D eigenvalue weighted by Crippen LogP contribution is -2.37. The van der Waals surface area contributed by atoms with Crippen LogP contribution >= 0.6 is 0 Å². The van der Waals surface area contributed by atoms with Crippen LogP contribution in [0.4, 0.5) is 0 Å². The normalized spacial score (nSPS) is 19.6. The number of piperidine rings is 1. The molecule has 2 fully saturated rings. The number of benzene rings is 2. The molecule has 5 nitrogen and oxygen atoms in total. The van der Waals surface area contributed by atoms with E-state index in [1.165, 1.54) is 24.9 Å². The van der Waals surface area contributed by atoms with Crippen LogP contribution < -0.4 is 4.74 Å². The average Bonchev–Trinajstić information content (AvgIpc) is 3.26. The fourth-order valence-corrected chi connectivity index (χ4v) is 4.90. The average molecular weight is 432 g/mol. The highest BCUT2D eigenvalue weighted by Crippen LogP contribution is 2.30. The molecule has 0 aromatic heterocycles. The van der Waals surface area contributed by atoms with Crippen molar-refractivity contribution in [3.05, 3.63) is 65.2 Å². The van der Waals surface area contributed by atoms with E-state index in [-0.39, 0.29) is 5.91 Å². The summed E-state index contributed by atoms with van der Waals surface area (Å²) >= 11 is 0. The minimum Gasteiger partial charge on any atom is -0.494 e. The summed E-state index contributed by atoms with van der Waals surface area (Å²) in [5.74, 6) is 1.47. The zero-order chi connectivity index (χ0) is 22.3. The first-order valence-corrected chi connectivity index (χ1v) is 11.9. The summed E-state index contributed by atoms with van der Waals surface area (Å²) in [6, 6.07) is 18.3. The fourth-order valence-electron chi connectivity index (χ4n) is 4.90. The molecule has 0 spiro atoms. The van der Waals surface area contributed by atoms with Crippen molar-refractivity contribution in [3.63, 3.8) is 0 Å². The molecule has 2 aliphatic heterocycles. The quantitative estimate of drug-likeness (QED) is 0.589. The van der Waals surface area contributed by atoms with Crippen LogP contribution in [0.1, 0.15) is 66.4 Å². The lowest BCUT2D eigenvalue weighted by atomic mass is 9.89. The number of nitrogens with zero attached hydrogens (tertiary/aromatic N) is 3. The molecule has 0 radical (unpaired) electrons. The van der Waals surface area contributed by atoms with E-state index in [1.807, 2.05) is 4.90 Å². The van der Waals surface area contributed by atoms with Gasteiger partial charge in [0.05, 0.1) is 18.2 Å². The van der Waals surface area contributed by atoms with Crippen LogP contribution in [0.3, 0.4) is 0 Å². The molecule has 2 heterocycles. The van der Waals surface area contributed by atoms with E-state index >= 15 is 0 Å². The topological polar surface area (TPSA) is 56.6 Å². The van der Waals surface area contributed by atoms with Crippen molar-refractivity contribution in [2.75, 3.05) is 32.8 Å². The molecule has 5 heteroatoms. The second-order valence-corrected chi connectivity index (χ2v) is 9.05. The van der Waals surface area contributed by atoms with Crippen molar-refractivity contribution in [2.24, 2.45) is 0 Å². The Morgan fingerprint density at radius 3 is 2.38 bits per heavy atom. The molecule has 2 saturated heterocycles. The number of hydrogen-bond acceptors (Lipinski definition) is 4. The van der Waals surface area contributed by atoms with Gasteiger partial charge in [0, 0.05) is 31.2 Å². The van der Waals surface area contributed by atoms with Crippen LogP contribution in [0.25, 0.3) is 0 Å². The summed E-state index contributed by atoms with van der Waals surface area (Å²) < 4.78 is 5.96. The number of nitriles is 1. The van der Waals surface area contributed by atoms with Gasteiger partial charge < -0.3 is 14.5 Å². The number of ether oxygens (including phenoxy) is 1. The molecule has 4 rings (SSSR count). The van der Waals surface area contributed by atoms with E-state index in [9.17, 15) is 4.79 Å². The Hall–Kier alpha value is -2.84. The van der Waals surface area contributed by atoms with Gasteiger partial charge in [-0.05, 0) is 93.5 Å². The first-order chi connectivity index (χ1) is 15.6. The third kappa shape index (κ3) is 5.49. The van der Waals surface area contributed by atoms with Gasteiger partial charge in [0.15, 0.2) is 0 Å². The molecular weight excluding hydrogens is 398 g/mol. The monoisotopic (exact) mass is 431 g/mol. The van der Waals surface area contributed by atoms with Crippen LogP contribution in [0.15, 0.2) is 48.5 Å². The number of carbonyl (C=O) groups excluding carboxylic acids is 1. The van der Waals surface area contributed by atoms with E-state index in [4.69, 9.17) is 10.00 Å². The van der Waals surface area contributed by atoms with Gasteiger partial charge in [-0.1, -0.05) is 12.1 Å². The molecular formula is C27H33N3O2. The Kier molecular flexibility index (Phi) is 7.44. The van der Waals surface area contributed by atoms with E-state index in [2.05, 4.69) is 42.2 Å². The van der Waals surface area contributed by atoms with E-state index < -0.39 is 0 Å². The standard InChI is InChI=1S/C27H33N3O2/c1-21-4-2-15-29(21)16-3-19-32-26-11-9-23(10-12-26)24-13-17-30(18-14-24)27(31)25-7-5-22(20-28)6-8-25/h5-12,21,24H,2-4,13-19H2,1H3/t21-/m1/s1. The maximum absolute atomic E-state index is 12.7. The molecule has 168 valence electrons. The minimum absolute atomic E-state index is 0.0556. The summed E-state index contributed by atoms with van der Waals surface area (Å²) in [6.07, 6.45) is 5.65. The number of hydrogen-bond donors (Lipinski definition) is 0. The van der Waals surface area contributed by atoms with Gasteiger partial charge in [-0.25, -0.2) is 0 Å². The van der Waals surface area contributed by atoms with Crippen molar-refractivity contribution >= 4 is 5.91 Å². The summed E-state index contributed by atoms with van der Waals surface area (Å²) in [6.45, 7) is 6.96. The number of carbonyl (C=O) groups is 1. The zero-order valence-electron chi connectivity index (χ0n) is 19.0. The van der Waals surface area contributed by atoms with Gasteiger partial charge >= 0.3 is 0 Å². The third-order valence-electron chi connectivity index (χ3n) is 6.94. The van der Waals surface area contributed by atoms with Gasteiger partial charge in [-0.2, -0.15) is 5.26 Å². The molecule has 0 saturated carbocycles. The zero-order valence-corrected chi connectivity index (χ0v) is 19.0. The van der Waals surface area contributed by atoms with E-state index in [0.29, 0.717) is 17.0 Å². The van der Waals surface area contributed by atoms with Gasteiger partial charge in [-0.3, -0.25) is 4.79 Å². The van der Waals surface area contributed by atoms with Gasteiger partial charge in [-0.15, -0.1) is 0 Å². The molecule has 1 amide bonds.